The molecule has 1 aromatic carbocycles. The van der Waals surface area contributed by atoms with Crippen molar-refractivity contribution < 1.29 is 13.2 Å². The van der Waals surface area contributed by atoms with Crippen molar-refractivity contribution in [2.24, 2.45) is 0 Å². The van der Waals surface area contributed by atoms with E-state index < -0.39 is 10.0 Å². The molecule has 0 aliphatic carbocycles. The van der Waals surface area contributed by atoms with Crippen molar-refractivity contribution in [3.8, 4) is 0 Å². The Kier molecular flexibility index (Phi) is 6.25. The molecule has 1 aromatic heterocycles. The maximum absolute atomic E-state index is 13.0. The number of piperidine rings is 1. The molecule has 0 radical (unpaired) electrons. The van der Waals surface area contributed by atoms with Crippen molar-refractivity contribution in [2.45, 2.75) is 48.3 Å². The predicted molar refractivity (Wildman–Crippen MR) is 110 cm³/mol. The SMILES string of the molecule is CSc1sc(NC(=O)c2cccc(S(=O)(=O)N3CCCCC3C)c2)nc1C. The molecule has 1 saturated heterocycles. The lowest BCUT2D eigenvalue weighted by atomic mass is 10.1. The maximum atomic E-state index is 13.0. The van der Waals surface area contributed by atoms with E-state index in [1.165, 1.54) is 17.4 Å². The first kappa shape index (κ1) is 20.3. The van der Waals surface area contributed by atoms with Gasteiger partial charge in [-0.2, -0.15) is 4.31 Å². The fourth-order valence-electron chi connectivity index (χ4n) is 3.16. The second-order valence-corrected chi connectivity index (χ2v) is 10.5. The van der Waals surface area contributed by atoms with Crippen molar-refractivity contribution in [1.82, 2.24) is 9.29 Å². The van der Waals surface area contributed by atoms with Crippen LogP contribution in [0.2, 0.25) is 0 Å². The lowest BCUT2D eigenvalue weighted by Crippen LogP contribution is -2.41. The third kappa shape index (κ3) is 4.37. The number of aromatic nitrogens is 1. The number of amides is 1. The predicted octanol–water partition coefficient (Wildman–Crippen LogP) is 3.99. The summed E-state index contributed by atoms with van der Waals surface area (Å²) in [6.07, 6.45) is 4.73. The number of thioether (sulfide) groups is 1. The summed E-state index contributed by atoms with van der Waals surface area (Å²) in [5.41, 5.74) is 1.18. The van der Waals surface area contributed by atoms with Gasteiger partial charge in [-0.1, -0.05) is 23.8 Å². The van der Waals surface area contributed by atoms with Crippen LogP contribution in [0.15, 0.2) is 33.4 Å². The van der Waals surface area contributed by atoms with Crippen LogP contribution in [0.1, 0.15) is 42.2 Å². The van der Waals surface area contributed by atoms with Gasteiger partial charge >= 0.3 is 0 Å². The van der Waals surface area contributed by atoms with Gasteiger partial charge < -0.3 is 0 Å². The van der Waals surface area contributed by atoms with Crippen LogP contribution in [-0.4, -0.2) is 42.5 Å². The van der Waals surface area contributed by atoms with Crippen LogP contribution in [-0.2, 0) is 10.0 Å². The van der Waals surface area contributed by atoms with Gasteiger partial charge in [-0.05, 0) is 51.1 Å². The van der Waals surface area contributed by atoms with E-state index in [4.69, 9.17) is 0 Å². The molecule has 146 valence electrons. The first-order valence-corrected chi connectivity index (χ1v) is 12.3. The van der Waals surface area contributed by atoms with Crippen LogP contribution in [0.5, 0.6) is 0 Å². The van der Waals surface area contributed by atoms with E-state index in [1.807, 2.05) is 20.1 Å². The Hall–Kier alpha value is -1.42. The Morgan fingerprint density at radius 1 is 1.37 bits per heavy atom. The Balaban J connectivity index is 1.83. The van der Waals surface area contributed by atoms with E-state index in [9.17, 15) is 13.2 Å². The molecular formula is C18H23N3O3S3. The van der Waals surface area contributed by atoms with E-state index in [-0.39, 0.29) is 16.8 Å². The van der Waals surface area contributed by atoms with E-state index in [0.717, 1.165) is 29.2 Å². The number of aryl methyl sites for hydroxylation is 1. The highest BCUT2D eigenvalue weighted by atomic mass is 32.2. The lowest BCUT2D eigenvalue weighted by Gasteiger charge is -2.32. The van der Waals surface area contributed by atoms with E-state index >= 15 is 0 Å². The zero-order chi connectivity index (χ0) is 19.6. The number of sulfonamides is 1. The second kappa shape index (κ2) is 8.30. The number of nitrogens with zero attached hydrogens (tertiary/aromatic N) is 2. The first-order valence-electron chi connectivity index (χ1n) is 8.77. The Bertz CT molecular complexity index is 940. The summed E-state index contributed by atoms with van der Waals surface area (Å²) in [6.45, 7) is 4.35. The lowest BCUT2D eigenvalue weighted by molar-refractivity contribution is 0.102. The molecular weight excluding hydrogens is 402 g/mol. The summed E-state index contributed by atoms with van der Waals surface area (Å²) >= 11 is 2.99. The average Bonchev–Trinajstić information content (AvgIpc) is 3.01. The molecule has 0 saturated carbocycles. The zero-order valence-corrected chi connectivity index (χ0v) is 18.0. The van der Waals surface area contributed by atoms with E-state index in [2.05, 4.69) is 10.3 Å². The molecule has 27 heavy (non-hydrogen) atoms. The van der Waals surface area contributed by atoms with E-state index in [1.54, 1.807) is 34.3 Å². The van der Waals surface area contributed by atoms with Crippen molar-refractivity contribution in [3.63, 3.8) is 0 Å². The Morgan fingerprint density at radius 3 is 2.81 bits per heavy atom. The quantitative estimate of drug-likeness (QED) is 0.733. The molecule has 0 bridgehead atoms. The molecule has 1 aliphatic heterocycles. The van der Waals surface area contributed by atoms with Gasteiger partial charge in [-0.25, -0.2) is 13.4 Å². The summed E-state index contributed by atoms with van der Waals surface area (Å²) in [4.78, 5) is 17.1. The molecule has 6 nitrogen and oxygen atoms in total. The Labute approximate surface area is 168 Å². The van der Waals surface area contributed by atoms with E-state index in [0.29, 0.717) is 17.2 Å². The van der Waals surface area contributed by atoms with Crippen LogP contribution >= 0.6 is 23.1 Å². The van der Waals surface area contributed by atoms with Crippen LogP contribution < -0.4 is 5.32 Å². The second-order valence-electron chi connectivity index (χ2n) is 6.54. The minimum Gasteiger partial charge on any atom is -0.298 e. The maximum Gasteiger partial charge on any atom is 0.257 e. The molecule has 1 fully saturated rings. The third-order valence-electron chi connectivity index (χ3n) is 4.60. The molecule has 1 aliphatic rings. The monoisotopic (exact) mass is 425 g/mol. The topological polar surface area (TPSA) is 79.4 Å². The standard InChI is InChI=1S/C18H23N3O3S3/c1-12-7-4-5-10-21(12)27(23,24)15-9-6-8-14(11-15)16(22)20-18-19-13(2)17(25-3)26-18/h6,8-9,11-12H,4-5,7,10H2,1-3H3,(H,19,20,22). The highest BCUT2D eigenvalue weighted by Gasteiger charge is 2.31. The summed E-state index contributed by atoms with van der Waals surface area (Å²) in [6, 6.07) is 6.19. The minimum absolute atomic E-state index is 0.0236. The third-order valence-corrected chi connectivity index (χ3v) is 8.90. The van der Waals surface area contributed by atoms with Gasteiger partial charge in [0.25, 0.3) is 5.91 Å². The number of carbonyl (C=O) groups is 1. The molecule has 2 heterocycles. The van der Waals surface area contributed by atoms with Crippen LogP contribution in [0.3, 0.4) is 0 Å². The number of hydrogen-bond acceptors (Lipinski definition) is 6. The Morgan fingerprint density at radius 2 is 2.15 bits per heavy atom. The number of benzene rings is 1. The van der Waals surface area contributed by atoms with Gasteiger partial charge in [0.2, 0.25) is 10.0 Å². The van der Waals surface area contributed by atoms with Gasteiger partial charge in [0.15, 0.2) is 5.13 Å². The van der Waals surface area contributed by atoms with Crippen LogP contribution in [0.4, 0.5) is 5.13 Å². The summed E-state index contributed by atoms with van der Waals surface area (Å²) in [7, 11) is -3.61. The van der Waals surface area contributed by atoms with Gasteiger partial charge in [0.1, 0.15) is 0 Å². The first-order chi connectivity index (χ1) is 12.8. The molecule has 0 spiro atoms. The minimum atomic E-state index is -3.61. The molecule has 1 N–H and O–H groups in total. The van der Waals surface area contributed by atoms with Gasteiger partial charge in [-0.3, -0.25) is 10.1 Å². The molecule has 2 aromatic rings. The average molecular weight is 426 g/mol. The number of carbonyl (C=O) groups excluding carboxylic acids is 1. The van der Waals surface area contributed by atoms with Crippen molar-refractivity contribution >= 4 is 44.2 Å². The highest BCUT2D eigenvalue weighted by molar-refractivity contribution is 8.00. The summed E-state index contributed by atoms with van der Waals surface area (Å²) in [5.74, 6) is -0.361. The molecule has 3 rings (SSSR count). The molecule has 1 amide bonds. The largest absolute Gasteiger partial charge is 0.298 e. The molecule has 9 heteroatoms. The van der Waals surface area contributed by atoms with Crippen LogP contribution in [0, 0.1) is 6.92 Å². The summed E-state index contributed by atoms with van der Waals surface area (Å²) < 4.78 is 28.6. The molecule has 1 unspecified atom stereocenters. The summed E-state index contributed by atoms with van der Waals surface area (Å²) in [5, 5.41) is 3.28. The van der Waals surface area contributed by atoms with Crippen LogP contribution in [0.25, 0.3) is 0 Å². The van der Waals surface area contributed by atoms with Crippen molar-refractivity contribution in [1.29, 1.82) is 0 Å². The highest BCUT2D eigenvalue weighted by Crippen LogP contribution is 2.31. The zero-order valence-electron chi connectivity index (χ0n) is 15.6. The number of thiazole rings is 1. The number of rotatable bonds is 5. The fraction of sp³-hybridized carbons (Fsp3) is 0.444. The normalized spacial score (nSPS) is 18.4. The number of nitrogens with one attached hydrogen (secondary N) is 1. The number of hydrogen-bond donors (Lipinski definition) is 1. The van der Waals surface area contributed by atoms with Gasteiger partial charge in [-0.15, -0.1) is 11.8 Å². The fourth-order valence-corrected chi connectivity index (χ4v) is 6.51. The smallest absolute Gasteiger partial charge is 0.257 e. The number of anilines is 1. The van der Waals surface area contributed by atoms with Gasteiger partial charge in [0.05, 0.1) is 14.8 Å². The molecule has 1 atom stereocenters. The van der Waals surface area contributed by atoms with Gasteiger partial charge in [0, 0.05) is 18.2 Å². The van der Waals surface area contributed by atoms with Crippen molar-refractivity contribution in [3.05, 3.63) is 35.5 Å². The van der Waals surface area contributed by atoms with Crippen molar-refractivity contribution in [2.75, 3.05) is 18.1 Å².